The van der Waals surface area contributed by atoms with Crippen LogP contribution in [0.3, 0.4) is 0 Å². The van der Waals surface area contributed by atoms with Gasteiger partial charge in [0.25, 0.3) is 0 Å². The Morgan fingerprint density at radius 1 is 1.29 bits per heavy atom. The summed E-state index contributed by atoms with van der Waals surface area (Å²) in [5.41, 5.74) is 0.947. The highest BCUT2D eigenvalue weighted by molar-refractivity contribution is 5.94. The van der Waals surface area contributed by atoms with Crippen LogP contribution in [0.1, 0.15) is 6.92 Å². The van der Waals surface area contributed by atoms with Crippen LogP contribution in [0.2, 0.25) is 0 Å². The summed E-state index contributed by atoms with van der Waals surface area (Å²) in [6.45, 7) is 1.85. The smallest absolute Gasteiger partial charge is 0.342 e. The van der Waals surface area contributed by atoms with Crippen molar-refractivity contribution in [2.75, 3.05) is 6.54 Å². The van der Waals surface area contributed by atoms with Gasteiger partial charge in [-0.05, 0) is 19.1 Å². The van der Waals surface area contributed by atoms with Gasteiger partial charge in [0.1, 0.15) is 5.75 Å². The van der Waals surface area contributed by atoms with Gasteiger partial charge < -0.3 is 15.4 Å². The fourth-order valence-corrected chi connectivity index (χ4v) is 1.47. The highest BCUT2D eigenvalue weighted by Gasteiger charge is 2.21. The number of amides is 2. The molecule has 17 heavy (non-hydrogen) atoms. The van der Waals surface area contributed by atoms with Crippen molar-refractivity contribution in [3.05, 3.63) is 41.6 Å². The first-order valence-electron chi connectivity index (χ1n) is 5.18. The zero-order chi connectivity index (χ0) is 12.3. The average Bonchev–Trinajstić information content (AvgIpc) is 2.30. The number of hydrogen-bond acceptors (Lipinski definition) is 3. The van der Waals surface area contributed by atoms with Crippen LogP contribution >= 0.6 is 0 Å². The van der Waals surface area contributed by atoms with Crippen LogP contribution in [-0.2, 0) is 4.79 Å². The number of allylic oxidation sites excluding steroid dienone is 1. The fourth-order valence-electron chi connectivity index (χ4n) is 1.47. The van der Waals surface area contributed by atoms with Gasteiger partial charge in [0, 0.05) is 5.70 Å². The van der Waals surface area contributed by atoms with E-state index in [1.54, 1.807) is 31.2 Å². The lowest BCUT2D eigenvalue weighted by Gasteiger charge is -2.18. The molecule has 0 radical (unpaired) electrons. The Bertz CT molecular complexity index is 480. The maximum Gasteiger partial charge on any atom is 0.342 e. The molecule has 88 valence electrons. The minimum atomic E-state index is -0.457. The summed E-state index contributed by atoms with van der Waals surface area (Å²) in [7, 11) is 0. The molecule has 0 unspecified atom stereocenters. The van der Waals surface area contributed by atoms with Gasteiger partial charge in [-0.15, -0.1) is 0 Å². The third kappa shape index (κ3) is 2.63. The summed E-state index contributed by atoms with van der Waals surface area (Å²) in [4.78, 5) is 22.8. The van der Waals surface area contributed by atoms with Crippen LogP contribution in [0.25, 0.3) is 0 Å². The minimum absolute atomic E-state index is 0.184. The van der Waals surface area contributed by atoms with Crippen LogP contribution in [0.15, 0.2) is 41.6 Å². The lowest BCUT2D eigenvalue weighted by molar-refractivity contribution is -0.130. The quantitative estimate of drug-likeness (QED) is 0.594. The normalized spacial score (nSPS) is 15.0. The molecule has 1 aliphatic rings. The molecule has 0 fully saturated rings. The Morgan fingerprint density at radius 2 is 2.00 bits per heavy atom. The minimum Gasteiger partial charge on any atom is -0.423 e. The Labute approximate surface area is 98.5 Å². The van der Waals surface area contributed by atoms with Gasteiger partial charge in [-0.1, -0.05) is 18.2 Å². The number of carbonyl (C=O) groups excluding carboxylic acids is 2. The number of hydrogen-bond donors (Lipinski definition) is 2. The molecule has 0 spiro atoms. The van der Waals surface area contributed by atoms with Gasteiger partial charge >= 0.3 is 12.0 Å². The van der Waals surface area contributed by atoms with E-state index in [1.807, 2.05) is 6.07 Å². The number of ether oxygens (including phenoxy) is 1. The topological polar surface area (TPSA) is 67.4 Å². The van der Waals surface area contributed by atoms with Crippen LogP contribution in [0, 0.1) is 0 Å². The maximum atomic E-state index is 11.8. The van der Waals surface area contributed by atoms with Crippen molar-refractivity contribution in [3.8, 4) is 5.75 Å². The Hall–Kier alpha value is -2.30. The largest absolute Gasteiger partial charge is 0.423 e. The Morgan fingerprint density at radius 3 is 2.65 bits per heavy atom. The summed E-state index contributed by atoms with van der Waals surface area (Å²) in [5, 5.41) is 5.05. The highest BCUT2D eigenvalue weighted by Crippen LogP contribution is 2.13. The molecule has 1 heterocycles. The summed E-state index contributed by atoms with van der Waals surface area (Å²) >= 11 is 0. The highest BCUT2D eigenvalue weighted by atomic mass is 16.5. The predicted octanol–water partition coefficient (Wildman–Crippen LogP) is 1.18. The zero-order valence-corrected chi connectivity index (χ0v) is 9.32. The molecule has 0 aliphatic carbocycles. The molecule has 5 heteroatoms. The van der Waals surface area contributed by atoms with Gasteiger partial charge in [0.2, 0.25) is 0 Å². The van der Waals surface area contributed by atoms with E-state index < -0.39 is 5.97 Å². The number of rotatable bonds is 2. The van der Waals surface area contributed by atoms with E-state index in [0.717, 1.165) is 0 Å². The monoisotopic (exact) mass is 232 g/mol. The number of benzene rings is 1. The van der Waals surface area contributed by atoms with Gasteiger partial charge in [-0.3, -0.25) is 0 Å². The van der Waals surface area contributed by atoms with Crippen molar-refractivity contribution < 1.29 is 14.3 Å². The van der Waals surface area contributed by atoms with E-state index in [1.165, 1.54) is 0 Å². The van der Waals surface area contributed by atoms with Gasteiger partial charge in [0.05, 0.1) is 12.1 Å². The number of urea groups is 1. The van der Waals surface area contributed by atoms with Crippen LogP contribution in [0.4, 0.5) is 4.79 Å². The predicted molar refractivity (Wildman–Crippen MR) is 61.3 cm³/mol. The SMILES string of the molecule is CC1=C(C(=O)Oc2ccccc2)CNC(=O)N1. The van der Waals surface area contributed by atoms with Crippen molar-refractivity contribution in [3.63, 3.8) is 0 Å². The number of para-hydroxylation sites is 1. The van der Waals surface area contributed by atoms with Crippen LogP contribution in [0.5, 0.6) is 5.75 Å². The first-order chi connectivity index (χ1) is 8.16. The van der Waals surface area contributed by atoms with Gasteiger partial charge in [0.15, 0.2) is 0 Å². The lowest BCUT2D eigenvalue weighted by atomic mass is 10.2. The summed E-state index contributed by atoms with van der Waals surface area (Å²) < 4.78 is 5.17. The van der Waals surface area contributed by atoms with E-state index in [0.29, 0.717) is 17.0 Å². The van der Waals surface area contributed by atoms with Gasteiger partial charge in [-0.25, -0.2) is 9.59 Å². The molecule has 2 amide bonds. The van der Waals surface area contributed by atoms with E-state index >= 15 is 0 Å². The zero-order valence-electron chi connectivity index (χ0n) is 9.32. The molecule has 5 nitrogen and oxygen atoms in total. The first-order valence-corrected chi connectivity index (χ1v) is 5.18. The van der Waals surface area contributed by atoms with E-state index in [2.05, 4.69) is 10.6 Å². The molecule has 0 saturated heterocycles. The molecular weight excluding hydrogens is 220 g/mol. The molecule has 0 bridgehead atoms. The third-order valence-corrected chi connectivity index (χ3v) is 2.38. The van der Waals surface area contributed by atoms with Gasteiger partial charge in [-0.2, -0.15) is 0 Å². The maximum absolute atomic E-state index is 11.8. The molecule has 1 aromatic carbocycles. The van der Waals surface area contributed by atoms with Crippen molar-refractivity contribution in [1.29, 1.82) is 0 Å². The lowest BCUT2D eigenvalue weighted by Crippen LogP contribution is -2.43. The van der Waals surface area contributed by atoms with Crippen molar-refractivity contribution >= 4 is 12.0 Å². The summed E-state index contributed by atoms with van der Waals surface area (Å²) in [6.07, 6.45) is 0. The second-order valence-electron chi connectivity index (χ2n) is 3.61. The van der Waals surface area contributed by atoms with Crippen LogP contribution < -0.4 is 15.4 Å². The first kappa shape index (κ1) is 11.2. The Kier molecular flexibility index (Phi) is 3.09. The second kappa shape index (κ2) is 4.69. The number of esters is 1. The van der Waals surface area contributed by atoms with Crippen molar-refractivity contribution in [2.24, 2.45) is 0 Å². The van der Waals surface area contributed by atoms with Crippen LogP contribution in [-0.4, -0.2) is 18.5 Å². The fraction of sp³-hybridized carbons (Fsp3) is 0.167. The molecule has 2 N–H and O–H groups in total. The molecule has 0 atom stereocenters. The third-order valence-electron chi connectivity index (χ3n) is 2.38. The average molecular weight is 232 g/mol. The molecule has 0 aromatic heterocycles. The van der Waals surface area contributed by atoms with E-state index in [9.17, 15) is 9.59 Å². The second-order valence-corrected chi connectivity index (χ2v) is 3.61. The van der Waals surface area contributed by atoms with Crippen molar-refractivity contribution in [1.82, 2.24) is 10.6 Å². The standard InChI is InChI=1S/C12H12N2O3/c1-8-10(7-13-12(16)14-8)11(15)17-9-5-3-2-4-6-9/h2-6H,7H2,1H3,(H2,13,14,16). The van der Waals surface area contributed by atoms with E-state index in [4.69, 9.17) is 4.74 Å². The Balaban J connectivity index is 2.11. The summed E-state index contributed by atoms with van der Waals surface area (Å²) in [5.74, 6) is 0.0240. The number of nitrogens with one attached hydrogen (secondary N) is 2. The molecular formula is C12H12N2O3. The number of carbonyl (C=O) groups is 2. The van der Waals surface area contributed by atoms with E-state index in [-0.39, 0.29) is 12.6 Å². The van der Waals surface area contributed by atoms with Crippen molar-refractivity contribution in [2.45, 2.75) is 6.92 Å². The molecule has 1 aromatic rings. The molecule has 1 aliphatic heterocycles. The summed E-state index contributed by atoms with van der Waals surface area (Å²) in [6, 6.07) is 8.49. The molecule has 0 saturated carbocycles. The molecule has 2 rings (SSSR count).